The Morgan fingerprint density at radius 2 is 1.76 bits per heavy atom. The van der Waals surface area contributed by atoms with Crippen molar-refractivity contribution in [2.24, 2.45) is 0 Å². The van der Waals surface area contributed by atoms with Crippen LogP contribution in [0, 0.1) is 0 Å². The summed E-state index contributed by atoms with van der Waals surface area (Å²) in [5.41, 5.74) is 1.64. The first-order valence-electron chi connectivity index (χ1n) is 13.1. The number of carbonyl (C=O) groups excluding carboxylic acids is 2. The third kappa shape index (κ3) is 10.1. The number of hydrogen-bond donors (Lipinski definition) is 1. The Morgan fingerprint density at radius 1 is 1.03 bits per heavy atom. The molecule has 6 nitrogen and oxygen atoms in total. The third-order valence-electron chi connectivity index (χ3n) is 6.48. The van der Waals surface area contributed by atoms with Gasteiger partial charge in [0.05, 0.1) is 20.4 Å². The number of ketones is 1. The van der Waals surface area contributed by atoms with Gasteiger partial charge in [0.25, 0.3) is 0 Å². The van der Waals surface area contributed by atoms with Crippen molar-refractivity contribution in [1.82, 2.24) is 10.2 Å². The molecule has 37 heavy (non-hydrogen) atoms. The minimum atomic E-state index is -0.825. The molecule has 0 bridgehead atoms. The summed E-state index contributed by atoms with van der Waals surface area (Å²) in [5.74, 6) is 1.29. The summed E-state index contributed by atoms with van der Waals surface area (Å²) in [7, 11) is 1.57. The number of ether oxygens (including phenoxy) is 2. The second-order valence-corrected chi connectivity index (χ2v) is 9.51. The number of unbranched alkanes of at least 4 members (excludes halogenated alkanes) is 1. The lowest BCUT2D eigenvalue weighted by molar-refractivity contribution is -0.122. The van der Waals surface area contributed by atoms with Crippen LogP contribution in [0.1, 0.15) is 54.4 Å². The highest BCUT2D eigenvalue weighted by Crippen LogP contribution is 2.18. The van der Waals surface area contributed by atoms with E-state index in [2.05, 4.69) is 5.32 Å². The van der Waals surface area contributed by atoms with Gasteiger partial charge in [-0.2, -0.15) is 0 Å². The lowest BCUT2D eigenvalue weighted by Crippen LogP contribution is -2.44. The third-order valence-corrected chi connectivity index (χ3v) is 6.48. The van der Waals surface area contributed by atoms with Gasteiger partial charge in [0.1, 0.15) is 17.7 Å². The standard InChI is InChI=1S/C29H38F2N2O4/c1-36-26-13-9-23(10-14-26)28(34)5-4-6-29(35)32-25(21-33-17-15-24(31)20-33)19-22-7-11-27(12-8-22)37-18-3-2-16-30/h7-14,24-25H,2-6,15-21H2,1H3,(H,32,35). The number of methoxy groups -OCH3 is 1. The van der Waals surface area contributed by atoms with Gasteiger partial charge in [0.15, 0.2) is 5.78 Å². The molecule has 2 atom stereocenters. The van der Waals surface area contributed by atoms with Crippen molar-refractivity contribution in [3.05, 3.63) is 59.7 Å². The van der Waals surface area contributed by atoms with Crippen LogP contribution < -0.4 is 14.8 Å². The fourth-order valence-corrected chi connectivity index (χ4v) is 4.45. The van der Waals surface area contributed by atoms with Gasteiger partial charge in [0, 0.05) is 44.1 Å². The lowest BCUT2D eigenvalue weighted by atomic mass is 10.0. The summed E-state index contributed by atoms with van der Waals surface area (Å²) in [4.78, 5) is 27.2. The van der Waals surface area contributed by atoms with Crippen LogP contribution >= 0.6 is 0 Å². The summed E-state index contributed by atoms with van der Waals surface area (Å²) in [6, 6.07) is 14.4. The summed E-state index contributed by atoms with van der Waals surface area (Å²) in [6.07, 6.45) is 2.44. The molecule has 0 aromatic heterocycles. The van der Waals surface area contributed by atoms with E-state index < -0.39 is 6.17 Å². The molecule has 202 valence electrons. The molecular weight excluding hydrogens is 478 g/mol. The molecule has 1 saturated heterocycles. The Kier molecular flexibility index (Phi) is 11.8. The van der Waals surface area contributed by atoms with Gasteiger partial charge >= 0.3 is 0 Å². The topological polar surface area (TPSA) is 67.9 Å². The Morgan fingerprint density at radius 3 is 2.41 bits per heavy atom. The van der Waals surface area contributed by atoms with E-state index in [1.54, 1.807) is 31.4 Å². The molecule has 0 radical (unpaired) electrons. The van der Waals surface area contributed by atoms with Gasteiger partial charge in [-0.1, -0.05) is 12.1 Å². The Hall–Kier alpha value is -3.00. The Bertz CT molecular complexity index is 969. The number of amides is 1. The average Bonchev–Trinajstić information content (AvgIpc) is 3.31. The number of halogens is 2. The van der Waals surface area contributed by atoms with Crippen molar-refractivity contribution in [1.29, 1.82) is 0 Å². The van der Waals surface area contributed by atoms with Crippen LogP contribution in [0.15, 0.2) is 48.5 Å². The van der Waals surface area contributed by atoms with Crippen LogP contribution in [-0.4, -0.2) is 68.8 Å². The van der Waals surface area contributed by atoms with E-state index in [4.69, 9.17) is 9.47 Å². The summed E-state index contributed by atoms with van der Waals surface area (Å²) in [6.45, 7) is 1.76. The highest BCUT2D eigenvalue weighted by atomic mass is 19.1. The molecule has 1 fully saturated rings. The highest BCUT2D eigenvalue weighted by molar-refractivity contribution is 5.96. The predicted molar refractivity (Wildman–Crippen MR) is 140 cm³/mol. The zero-order valence-electron chi connectivity index (χ0n) is 21.6. The average molecular weight is 517 g/mol. The quantitative estimate of drug-likeness (QED) is 0.253. The number of benzene rings is 2. The predicted octanol–water partition coefficient (Wildman–Crippen LogP) is 4.95. The fraction of sp³-hybridized carbons (Fsp3) is 0.517. The van der Waals surface area contributed by atoms with Gasteiger partial charge < -0.3 is 14.8 Å². The van der Waals surface area contributed by atoms with Crippen molar-refractivity contribution < 1.29 is 27.8 Å². The molecule has 1 amide bonds. The van der Waals surface area contributed by atoms with E-state index in [0.29, 0.717) is 69.7 Å². The summed E-state index contributed by atoms with van der Waals surface area (Å²) >= 11 is 0. The molecule has 8 heteroatoms. The minimum absolute atomic E-state index is 0.00920. The number of likely N-dealkylation sites (tertiary alicyclic amines) is 1. The molecule has 1 N–H and O–H groups in total. The first-order chi connectivity index (χ1) is 18.0. The molecule has 1 heterocycles. The lowest BCUT2D eigenvalue weighted by Gasteiger charge is -2.25. The largest absolute Gasteiger partial charge is 0.497 e. The molecule has 2 unspecified atom stereocenters. The van der Waals surface area contributed by atoms with Gasteiger partial charge in [0.2, 0.25) is 5.91 Å². The van der Waals surface area contributed by atoms with Crippen molar-refractivity contribution >= 4 is 11.7 Å². The zero-order chi connectivity index (χ0) is 26.5. The normalized spacial score (nSPS) is 16.4. The Labute approximate surface area is 218 Å². The second-order valence-electron chi connectivity index (χ2n) is 9.51. The van der Waals surface area contributed by atoms with Crippen molar-refractivity contribution in [3.63, 3.8) is 0 Å². The zero-order valence-corrected chi connectivity index (χ0v) is 21.6. The molecular formula is C29H38F2N2O4. The SMILES string of the molecule is COc1ccc(C(=O)CCCC(=O)NC(Cc2ccc(OCCCCF)cc2)CN2CCC(F)C2)cc1. The van der Waals surface area contributed by atoms with Crippen LogP contribution in [0.25, 0.3) is 0 Å². The number of nitrogens with one attached hydrogen (secondary N) is 1. The maximum atomic E-state index is 13.7. The van der Waals surface area contributed by atoms with E-state index >= 15 is 0 Å². The van der Waals surface area contributed by atoms with Crippen LogP contribution in [0.3, 0.4) is 0 Å². The number of Topliss-reactive ketones (excluding diaryl/α,β-unsaturated/α-hetero) is 1. The number of carbonyl (C=O) groups is 2. The van der Waals surface area contributed by atoms with Crippen molar-refractivity contribution in [2.75, 3.05) is 40.0 Å². The molecule has 3 rings (SSSR count). The first kappa shape index (κ1) is 28.6. The number of rotatable bonds is 16. The second kappa shape index (κ2) is 15.3. The van der Waals surface area contributed by atoms with Gasteiger partial charge in [-0.3, -0.25) is 18.9 Å². The van der Waals surface area contributed by atoms with Gasteiger partial charge in [-0.25, -0.2) is 4.39 Å². The van der Waals surface area contributed by atoms with Crippen molar-refractivity contribution in [3.8, 4) is 11.5 Å². The van der Waals surface area contributed by atoms with E-state index in [0.717, 1.165) is 11.3 Å². The highest BCUT2D eigenvalue weighted by Gasteiger charge is 2.25. The molecule has 2 aromatic rings. The van der Waals surface area contributed by atoms with Crippen LogP contribution in [0.5, 0.6) is 11.5 Å². The van der Waals surface area contributed by atoms with Gasteiger partial charge in [-0.05, 0) is 74.1 Å². The van der Waals surface area contributed by atoms with Gasteiger partial charge in [-0.15, -0.1) is 0 Å². The number of alkyl halides is 2. The van der Waals surface area contributed by atoms with Crippen LogP contribution in [0.4, 0.5) is 8.78 Å². The molecule has 1 aliphatic heterocycles. The summed E-state index contributed by atoms with van der Waals surface area (Å²) in [5, 5.41) is 3.10. The number of hydrogen-bond acceptors (Lipinski definition) is 5. The molecule has 0 saturated carbocycles. The monoisotopic (exact) mass is 516 g/mol. The van der Waals surface area contributed by atoms with Crippen LogP contribution in [-0.2, 0) is 11.2 Å². The number of nitrogens with zero attached hydrogens (tertiary/aromatic N) is 1. The molecule has 0 aliphatic carbocycles. The fourth-order valence-electron chi connectivity index (χ4n) is 4.45. The smallest absolute Gasteiger partial charge is 0.220 e. The molecule has 0 spiro atoms. The van der Waals surface area contributed by atoms with Crippen LogP contribution in [0.2, 0.25) is 0 Å². The van der Waals surface area contributed by atoms with Crippen molar-refractivity contribution in [2.45, 2.75) is 57.2 Å². The summed E-state index contributed by atoms with van der Waals surface area (Å²) < 4.78 is 36.7. The maximum Gasteiger partial charge on any atom is 0.220 e. The van der Waals surface area contributed by atoms with E-state index in [9.17, 15) is 18.4 Å². The minimum Gasteiger partial charge on any atom is -0.497 e. The molecule has 2 aromatic carbocycles. The van der Waals surface area contributed by atoms with E-state index in [1.165, 1.54) is 0 Å². The van der Waals surface area contributed by atoms with E-state index in [1.807, 2.05) is 29.2 Å². The van der Waals surface area contributed by atoms with E-state index in [-0.39, 0.29) is 37.2 Å². The maximum absolute atomic E-state index is 13.7. The molecule has 1 aliphatic rings. The Balaban J connectivity index is 1.49. The first-order valence-corrected chi connectivity index (χ1v) is 13.1.